The molecule has 0 spiro atoms. The van der Waals surface area contributed by atoms with E-state index in [2.05, 4.69) is 14.9 Å². The van der Waals surface area contributed by atoms with Crippen LogP contribution < -0.4 is 4.90 Å². The number of pyridine rings is 2. The van der Waals surface area contributed by atoms with Crippen LogP contribution in [0.3, 0.4) is 0 Å². The van der Waals surface area contributed by atoms with Crippen molar-refractivity contribution in [1.82, 2.24) is 14.9 Å². The largest absolute Gasteiger partial charge is 0.353 e. The van der Waals surface area contributed by atoms with E-state index in [9.17, 15) is 4.79 Å². The van der Waals surface area contributed by atoms with Crippen LogP contribution in [0.2, 0.25) is 0 Å². The lowest BCUT2D eigenvalue weighted by atomic mass is 10.1. The number of hydrogen-bond donors (Lipinski definition) is 0. The molecule has 2 aromatic rings. The fourth-order valence-corrected chi connectivity index (χ4v) is 2.56. The number of aryl methyl sites for hydroxylation is 1. The minimum atomic E-state index is 0.0706. The van der Waals surface area contributed by atoms with E-state index < -0.39 is 0 Å². The highest BCUT2D eigenvalue weighted by atomic mass is 16.2. The summed E-state index contributed by atoms with van der Waals surface area (Å²) in [6.45, 7) is 4.91. The Morgan fingerprint density at radius 2 is 1.76 bits per heavy atom. The topological polar surface area (TPSA) is 49.3 Å². The smallest absolute Gasteiger partial charge is 0.255 e. The van der Waals surface area contributed by atoms with Crippen LogP contribution in [0.1, 0.15) is 16.1 Å². The third-order valence-corrected chi connectivity index (χ3v) is 3.78. The van der Waals surface area contributed by atoms with E-state index in [1.807, 2.05) is 42.2 Å². The van der Waals surface area contributed by atoms with Gasteiger partial charge in [0.15, 0.2) is 0 Å². The third kappa shape index (κ3) is 2.86. The maximum atomic E-state index is 12.5. The van der Waals surface area contributed by atoms with Gasteiger partial charge in [-0.1, -0.05) is 6.07 Å². The number of amides is 1. The quantitative estimate of drug-likeness (QED) is 0.842. The van der Waals surface area contributed by atoms with Gasteiger partial charge >= 0.3 is 0 Å². The molecule has 0 bridgehead atoms. The second-order valence-corrected chi connectivity index (χ2v) is 5.10. The van der Waals surface area contributed by atoms with Crippen LogP contribution in [-0.4, -0.2) is 47.0 Å². The lowest BCUT2D eigenvalue weighted by molar-refractivity contribution is 0.0745. The molecular weight excluding hydrogens is 264 g/mol. The van der Waals surface area contributed by atoms with Gasteiger partial charge in [0.25, 0.3) is 5.91 Å². The predicted molar refractivity (Wildman–Crippen MR) is 81.3 cm³/mol. The average molecular weight is 282 g/mol. The van der Waals surface area contributed by atoms with Gasteiger partial charge in [-0.05, 0) is 31.2 Å². The molecule has 1 fully saturated rings. The lowest BCUT2D eigenvalue weighted by Crippen LogP contribution is -2.49. The summed E-state index contributed by atoms with van der Waals surface area (Å²) in [5, 5.41) is 0. The number of aromatic nitrogens is 2. The van der Waals surface area contributed by atoms with Gasteiger partial charge in [0.2, 0.25) is 0 Å². The SMILES string of the molecule is Cc1ncccc1C(=O)N1CCN(c2ccccn2)CC1. The summed E-state index contributed by atoms with van der Waals surface area (Å²) >= 11 is 0. The molecule has 5 nitrogen and oxygen atoms in total. The van der Waals surface area contributed by atoms with Gasteiger partial charge in [0.1, 0.15) is 5.82 Å². The summed E-state index contributed by atoms with van der Waals surface area (Å²) < 4.78 is 0. The molecule has 0 N–H and O–H groups in total. The summed E-state index contributed by atoms with van der Waals surface area (Å²) in [6, 6.07) is 9.55. The number of anilines is 1. The maximum absolute atomic E-state index is 12.5. The van der Waals surface area contributed by atoms with E-state index in [-0.39, 0.29) is 5.91 Å². The number of rotatable bonds is 2. The van der Waals surface area contributed by atoms with Crippen molar-refractivity contribution in [1.29, 1.82) is 0 Å². The lowest BCUT2D eigenvalue weighted by Gasteiger charge is -2.35. The highest BCUT2D eigenvalue weighted by Crippen LogP contribution is 2.15. The highest BCUT2D eigenvalue weighted by Gasteiger charge is 2.23. The van der Waals surface area contributed by atoms with Gasteiger partial charge in [-0.2, -0.15) is 0 Å². The van der Waals surface area contributed by atoms with E-state index in [4.69, 9.17) is 0 Å². The molecule has 1 saturated heterocycles. The molecule has 1 aliphatic heterocycles. The number of carbonyl (C=O) groups is 1. The summed E-state index contributed by atoms with van der Waals surface area (Å²) in [6.07, 6.45) is 3.51. The van der Waals surface area contributed by atoms with Crippen molar-refractivity contribution in [2.24, 2.45) is 0 Å². The minimum absolute atomic E-state index is 0.0706. The Labute approximate surface area is 124 Å². The average Bonchev–Trinajstić information content (AvgIpc) is 2.56. The van der Waals surface area contributed by atoms with Crippen LogP contribution in [-0.2, 0) is 0 Å². The summed E-state index contributed by atoms with van der Waals surface area (Å²) in [4.78, 5) is 25.2. The molecule has 0 unspecified atom stereocenters. The van der Waals surface area contributed by atoms with Crippen molar-refractivity contribution in [2.75, 3.05) is 31.1 Å². The summed E-state index contributed by atoms with van der Waals surface area (Å²) in [5.41, 5.74) is 1.48. The summed E-state index contributed by atoms with van der Waals surface area (Å²) in [7, 11) is 0. The van der Waals surface area contributed by atoms with Gasteiger partial charge < -0.3 is 9.80 Å². The highest BCUT2D eigenvalue weighted by molar-refractivity contribution is 5.95. The van der Waals surface area contributed by atoms with Crippen LogP contribution in [0.5, 0.6) is 0 Å². The Kier molecular flexibility index (Phi) is 3.81. The Bertz CT molecular complexity index is 621. The molecule has 3 rings (SSSR count). The van der Waals surface area contributed by atoms with Gasteiger partial charge in [-0.15, -0.1) is 0 Å². The molecular formula is C16H18N4O. The Morgan fingerprint density at radius 3 is 2.43 bits per heavy atom. The van der Waals surface area contributed by atoms with Crippen molar-refractivity contribution < 1.29 is 4.79 Å². The Hall–Kier alpha value is -2.43. The van der Waals surface area contributed by atoms with E-state index >= 15 is 0 Å². The number of nitrogens with zero attached hydrogens (tertiary/aromatic N) is 4. The molecule has 5 heteroatoms. The van der Waals surface area contributed by atoms with Crippen molar-refractivity contribution in [3.8, 4) is 0 Å². The first-order chi connectivity index (χ1) is 10.3. The van der Waals surface area contributed by atoms with Gasteiger partial charge in [-0.3, -0.25) is 9.78 Å². The zero-order chi connectivity index (χ0) is 14.7. The first-order valence-electron chi connectivity index (χ1n) is 7.12. The zero-order valence-corrected chi connectivity index (χ0v) is 12.1. The molecule has 0 aliphatic carbocycles. The maximum Gasteiger partial charge on any atom is 0.255 e. The van der Waals surface area contributed by atoms with E-state index in [1.165, 1.54) is 0 Å². The fraction of sp³-hybridized carbons (Fsp3) is 0.312. The normalized spacial score (nSPS) is 15.1. The molecule has 2 aromatic heterocycles. The molecule has 1 amide bonds. The van der Waals surface area contributed by atoms with Crippen LogP contribution in [0.15, 0.2) is 42.7 Å². The first-order valence-corrected chi connectivity index (χ1v) is 7.12. The van der Waals surface area contributed by atoms with Gasteiger partial charge in [-0.25, -0.2) is 4.98 Å². The van der Waals surface area contributed by atoms with E-state index in [0.717, 1.165) is 24.6 Å². The molecule has 21 heavy (non-hydrogen) atoms. The van der Waals surface area contributed by atoms with Gasteiger partial charge in [0, 0.05) is 44.3 Å². The molecule has 0 radical (unpaired) electrons. The summed E-state index contributed by atoms with van der Waals surface area (Å²) in [5.74, 6) is 1.04. The zero-order valence-electron chi connectivity index (χ0n) is 12.1. The molecule has 0 aromatic carbocycles. The monoisotopic (exact) mass is 282 g/mol. The Morgan fingerprint density at radius 1 is 1.00 bits per heavy atom. The van der Waals surface area contributed by atoms with Crippen LogP contribution in [0, 0.1) is 6.92 Å². The number of carbonyl (C=O) groups excluding carboxylic acids is 1. The molecule has 108 valence electrons. The van der Waals surface area contributed by atoms with Crippen molar-refractivity contribution in [3.63, 3.8) is 0 Å². The van der Waals surface area contributed by atoms with Crippen LogP contribution >= 0.6 is 0 Å². The van der Waals surface area contributed by atoms with Crippen molar-refractivity contribution >= 4 is 11.7 Å². The standard InChI is InChI=1S/C16H18N4O/c1-13-14(5-4-8-17-13)16(21)20-11-9-19(10-12-20)15-6-2-3-7-18-15/h2-8H,9-12H2,1H3. The molecule has 1 aliphatic rings. The molecule has 0 saturated carbocycles. The Balaban J connectivity index is 1.66. The molecule has 3 heterocycles. The number of piperazine rings is 1. The van der Waals surface area contributed by atoms with E-state index in [1.54, 1.807) is 12.4 Å². The minimum Gasteiger partial charge on any atom is -0.353 e. The van der Waals surface area contributed by atoms with Gasteiger partial charge in [0.05, 0.1) is 5.56 Å². The predicted octanol–water partition coefficient (Wildman–Crippen LogP) is 1.75. The van der Waals surface area contributed by atoms with Crippen LogP contribution in [0.25, 0.3) is 0 Å². The second kappa shape index (κ2) is 5.91. The van der Waals surface area contributed by atoms with Crippen molar-refractivity contribution in [2.45, 2.75) is 6.92 Å². The third-order valence-electron chi connectivity index (χ3n) is 3.78. The fourth-order valence-electron chi connectivity index (χ4n) is 2.56. The van der Waals surface area contributed by atoms with Crippen LogP contribution in [0.4, 0.5) is 5.82 Å². The molecule has 0 atom stereocenters. The van der Waals surface area contributed by atoms with Crippen molar-refractivity contribution in [3.05, 3.63) is 54.0 Å². The number of hydrogen-bond acceptors (Lipinski definition) is 4. The first kappa shape index (κ1) is 13.5. The second-order valence-electron chi connectivity index (χ2n) is 5.10. The van der Waals surface area contributed by atoms with E-state index in [0.29, 0.717) is 18.7 Å².